The van der Waals surface area contributed by atoms with Gasteiger partial charge in [0, 0.05) is 12.6 Å². The predicted octanol–water partition coefficient (Wildman–Crippen LogP) is 4.20. The zero-order chi connectivity index (χ0) is 29.1. The predicted molar refractivity (Wildman–Crippen MR) is 152 cm³/mol. The van der Waals surface area contributed by atoms with Crippen LogP contribution in [-0.2, 0) is 23.9 Å². The van der Waals surface area contributed by atoms with Crippen molar-refractivity contribution in [2.24, 2.45) is 11.8 Å². The highest BCUT2D eigenvalue weighted by atomic mass is 16.6. The van der Waals surface area contributed by atoms with Crippen LogP contribution in [0.15, 0.2) is 55.6 Å². The van der Waals surface area contributed by atoms with Crippen molar-refractivity contribution >= 4 is 17.8 Å². The number of nitrogens with zero attached hydrogens (tertiary/aromatic N) is 2. The maximum Gasteiger partial charge on any atom is 0.312 e. The molecule has 0 radical (unpaired) electrons. The fraction of sp³-hybridized carbons (Fsp3) is 0.594. The molecular formula is C32H44N2O6. The zero-order valence-electron chi connectivity index (χ0n) is 24.1. The van der Waals surface area contributed by atoms with Gasteiger partial charge in [-0.25, -0.2) is 0 Å². The van der Waals surface area contributed by atoms with Crippen LogP contribution < -0.4 is 0 Å². The molecule has 7 atom stereocenters. The van der Waals surface area contributed by atoms with Gasteiger partial charge in [-0.2, -0.15) is 0 Å². The summed E-state index contributed by atoms with van der Waals surface area (Å²) < 4.78 is 12.5. The summed E-state index contributed by atoms with van der Waals surface area (Å²) in [5.41, 5.74) is -1.36. The lowest BCUT2D eigenvalue weighted by Gasteiger charge is -2.41. The zero-order valence-corrected chi connectivity index (χ0v) is 24.1. The number of fused-ring (bicyclic) bond motifs is 1. The Hall–Kier alpha value is -2.97. The van der Waals surface area contributed by atoms with E-state index >= 15 is 0 Å². The lowest BCUT2D eigenvalue weighted by molar-refractivity contribution is -0.164. The van der Waals surface area contributed by atoms with Crippen molar-refractivity contribution in [1.29, 1.82) is 0 Å². The summed E-state index contributed by atoms with van der Waals surface area (Å²) >= 11 is 0. The van der Waals surface area contributed by atoms with Crippen molar-refractivity contribution in [2.45, 2.75) is 88.6 Å². The summed E-state index contributed by atoms with van der Waals surface area (Å²) in [5, 5.41) is 10.7. The van der Waals surface area contributed by atoms with Crippen LogP contribution in [0.1, 0.15) is 70.9 Å². The maximum atomic E-state index is 14.7. The van der Waals surface area contributed by atoms with E-state index in [4.69, 9.17) is 9.47 Å². The van der Waals surface area contributed by atoms with E-state index in [1.165, 1.54) is 4.90 Å². The average molecular weight is 553 g/mol. The van der Waals surface area contributed by atoms with Crippen molar-refractivity contribution in [3.63, 3.8) is 0 Å². The van der Waals surface area contributed by atoms with Gasteiger partial charge in [-0.1, -0.05) is 62.8 Å². The third-order valence-corrected chi connectivity index (χ3v) is 9.21. The molecule has 2 amide bonds. The van der Waals surface area contributed by atoms with Crippen LogP contribution in [0.2, 0.25) is 0 Å². The molecule has 8 heteroatoms. The van der Waals surface area contributed by atoms with E-state index in [0.717, 1.165) is 12.8 Å². The van der Waals surface area contributed by atoms with E-state index in [2.05, 4.69) is 20.1 Å². The fourth-order valence-corrected chi connectivity index (χ4v) is 7.35. The Morgan fingerprint density at radius 1 is 1.23 bits per heavy atom. The van der Waals surface area contributed by atoms with Crippen molar-refractivity contribution < 1.29 is 29.0 Å². The second-order valence-corrected chi connectivity index (χ2v) is 11.3. The van der Waals surface area contributed by atoms with Crippen molar-refractivity contribution in [3.8, 4) is 0 Å². The van der Waals surface area contributed by atoms with Crippen LogP contribution in [0, 0.1) is 11.8 Å². The maximum absolute atomic E-state index is 14.7. The van der Waals surface area contributed by atoms with E-state index in [1.54, 1.807) is 17.1 Å². The van der Waals surface area contributed by atoms with Gasteiger partial charge in [-0.15, -0.1) is 13.2 Å². The van der Waals surface area contributed by atoms with Crippen molar-refractivity contribution in [2.75, 3.05) is 19.8 Å². The first-order chi connectivity index (χ1) is 19.3. The molecule has 3 saturated heterocycles. The van der Waals surface area contributed by atoms with Gasteiger partial charge in [-0.05, 0) is 44.6 Å². The van der Waals surface area contributed by atoms with Crippen molar-refractivity contribution in [3.05, 3.63) is 61.2 Å². The highest BCUT2D eigenvalue weighted by Crippen LogP contribution is 2.65. The quantitative estimate of drug-likeness (QED) is 0.211. The molecule has 8 nitrogen and oxygen atoms in total. The fourth-order valence-electron chi connectivity index (χ4n) is 7.35. The topological polar surface area (TPSA) is 96.4 Å². The Morgan fingerprint density at radius 3 is 2.55 bits per heavy atom. The van der Waals surface area contributed by atoms with Crippen LogP contribution in [0.4, 0.5) is 0 Å². The van der Waals surface area contributed by atoms with Crippen LogP contribution in [0.5, 0.6) is 0 Å². The minimum Gasteiger partial charge on any atom is -0.465 e. The molecule has 1 spiro atoms. The standard InChI is InChI=1S/C32H44N2O6/c1-6-10-20-39-30(38)26-25-28(36)34(24(21-35)23-15-12-11-13-16-23)27(32(25)18-17-31(26,9-4)40-32)29(37)33(19-8-3)22(5)14-7-2/h6,8,11-13,15-16,22,24-27,35H,1,3,7,9-10,14,17-21H2,2,4-5H3/t22?,24-,25+,26-,27?,31+,32?/m1/s1. The number of hydrogen-bond donors (Lipinski definition) is 1. The number of hydrogen-bond acceptors (Lipinski definition) is 6. The third-order valence-electron chi connectivity index (χ3n) is 9.21. The number of carbonyl (C=O) groups excluding carboxylic acids is 3. The van der Waals surface area contributed by atoms with E-state index in [-0.39, 0.29) is 31.1 Å². The number of rotatable bonds is 14. The number of aliphatic hydroxyl groups is 1. The molecule has 40 heavy (non-hydrogen) atoms. The molecule has 4 rings (SSSR count). The van der Waals surface area contributed by atoms with Crippen LogP contribution in [0.3, 0.4) is 0 Å². The highest BCUT2D eigenvalue weighted by Gasteiger charge is 2.79. The van der Waals surface area contributed by atoms with E-state index < -0.39 is 41.1 Å². The van der Waals surface area contributed by atoms with Gasteiger partial charge in [0.05, 0.1) is 30.8 Å². The highest BCUT2D eigenvalue weighted by molar-refractivity contribution is 5.99. The second kappa shape index (κ2) is 12.3. The van der Waals surface area contributed by atoms with Gasteiger partial charge in [0.15, 0.2) is 0 Å². The Morgan fingerprint density at radius 2 is 1.95 bits per heavy atom. The smallest absolute Gasteiger partial charge is 0.312 e. The summed E-state index contributed by atoms with van der Waals surface area (Å²) in [6, 6.07) is 7.37. The molecule has 1 aromatic rings. The van der Waals surface area contributed by atoms with Gasteiger partial charge in [0.1, 0.15) is 17.6 Å². The lowest BCUT2D eigenvalue weighted by Crippen LogP contribution is -2.58. The number of benzene rings is 1. The summed E-state index contributed by atoms with van der Waals surface area (Å²) in [5.74, 6) is -2.77. The first-order valence-electron chi connectivity index (χ1n) is 14.6. The second-order valence-electron chi connectivity index (χ2n) is 11.3. The first-order valence-corrected chi connectivity index (χ1v) is 14.6. The third kappa shape index (κ3) is 4.79. The van der Waals surface area contributed by atoms with Gasteiger partial charge in [0.2, 0.25) is 11.8 Å². The number of amides is 2. The van der Waals surface area contributed by atoms with E-state index in [0.29, 0.717) is 37.8 Å². The Bertz CT molecular complexity index is 1110. The monoisotopic (exact) mass is 552 g/mol. The van der Waals surface area contributed by atoms with E-state index in [1.807, 2.05) is 44.2 Å². The number of aliphatic hydroxyl groups excluding tert-OH is 1. The Kier molecular flexibility index (Phi) is 9.20. The minimum atomic E-state index is -1.19. The molecule has 0 saturated carbocycles. The van der Waals surface area contributed by atoms with Crippen molar-refractivity contribution in [1.82, 2.24) is 9.80 Å². The molecule has 3 unspecified atom stereocenters. The first kappa shape index (κ1) is 30.0. The molecule has 2 bridgehead atoms. The molecule has 3 fully saturated rings. The molecule has 218 valence electrons. The van der Waals surface area contributed by atoms with Gasteiger partial charge in [-0.3, -0.25) is 14.4 Å². The van der Waals surface area contributed by atoms with Crippen LogP contribution >= 0.6 is 0 Å². The largest absolute Gasteiger partial charge is 0.465 e. The van der Waals surface area contributed by atoms with Gasteiger partial charge in [0.25, 0.3) is 0 Å². The summed E-state index contributed by atoms with van der Waals surface area (Å²) in [7, 11) is 0. The summed E-state index contributed by atoms with van der Waals surface area (Å²) in [4.78, 5) is 46.1. The molecule has 3 aliphatic rings. The molecule has 3 heterocycles. The van der Waals surface area contributed by atoms with Gasteiger partial charge < -0.3 is 24.4 Å². The number of esters is 1. The number of ether oxygens (including phenoxy) is 2. The minimum absolute atomic E-state index is 0.0920. The molecule has 1 N–H and O–H groups in total. The SMILES string of the molecule is C=CCCOC(=O)[C@H]1[C@H]2C(=O)N([C@H](CO)c3ccccc3)C(C(=O)N(CC=C)C(C)CCC)C23CC[C@]1(CC)O3. The molecule has 1 aromatic carbocycles. The lowest BCUT2D eigenvalue weighted by atomic mass is 9.65. The molecule has 0 aliphatic carbocycles. The molecule has 3 aliphatic heterocycles. The Labute approximate surface area is 238 Å². The van der Waals surface area contributed by atoms with Crippen LogP contribution in [-0.4, -0.2) is 75.7 Å². The number of carbonyl (C=O) groups is 3. The average Bonchev–Trinajstić information content (AvgIpc) is 3.56. The van der Waals surface area contributed by atoms with Gasteiger partial charge >= 0.3 is 5.97 Å². The summed E-state index contributed by atoms with van der Waals surface area (Å²) in [6.07, 6.45) is 7.09. The summed E-state index contributed by atoms with van der Waals surface area (Å²) in [6.45, 7) is 13.7. The van der Waals surface area contributed by atoms with Crippen LogP contribution in [0.25, 0.3) is 0 Å². The normalized spacial score (nSPS) is 30.1. The molecular weight excluding hydrogens is 508 g/mol. The Balaban J connectivity index is 1.85. The van der Waals surface area contributed by atoms with E-state index in [9.17, 15) is 19.5 Å². The number of likely N-dealkylation sites (tertiary alicyclic amines) is 1. The molecule has 0 aromatic heterocycles.